The highest BCUT2D eigenvalue weighted by Gasteiger charge is 2.79. The zero-order chi connectivity index (χ0) is 21.3. The molecule has 6 aliphatic rings. The summed E-state index contributed by atoms with van der Waals surface area (Å²) in [5.74, 6) is 1.84. The monoisotopic (exact) mass is 419 g/mol. The number of phenols is 2. The first-order valence-corrected chi connectivity index (χ1v) is 10.8. The van der Waals surface area contributed by atoms with Crippen LogP contribution in [0.5, 0.6) is 23.0 Å². The number of phenolic OH excluding ortho intramolecular Hbond substituents is 2. The zero-order valence-electron chi connectivity index (χ0n) is 17.8. The first kappa shape index (κ1) is 17.9. The number of piperidine rings is 1. The zero-order valence-corrected chi connectivity index (χ0v) is 17.8. The smallest absolute Gasteiger partial charge is 0.166 e. The maximum absolute atomic E-state index is 11.3. The lowest BCUT2D eigenvalue weighted by molar-refractivity contribution is -0.145. The van der Waals surface area contributed by atoms with Crippen molar-refractivity contribution >= 4 is 0 Å². The fraction of sp³-hybridized carbons (Fsp3) is 0.440. The van der Waals surface area contributed by atoms with Crippen molar-refractivity contribution < 1.29 is 24.4 Å². The van der Waals surface area contributed by atoms with Crippen molar-refractivity contribution in [3.63, 3.8) is 0 Å². The lowest BCUT2D eigenvalue weighted by Crippen LogP contribution is -2.77. The number of hydrogen-bond donors (Lipinski definition) is 2. The molecule has 0 aromatic heterocycles. The van der Waals surface area contributed by atoms with Crippen LogP contribution in [0, 0.1) is 0 Å². The average Bonchev–Trinajstić information content (AvgIpc) is 3.15. The van der Waals surface area contributed by atoms with E-state index in [0.29, 0.717) is 5.56 Å². The third kappa shape index (κ3) is 1.55. The quantitative estimate of drug-likeness (QED) is 0.576. The normalized spacial score (nSPS) is 37.9. The Balaban J connectivity index is 1.70. The van der Waals surface area contributed by atoms with Gasteiger partial charge in [-0.1, -0.05) is 12.1 Å². The van der Waals surface area contributed by atoms with Crippen molar-refractivity contribution in [2.45, 2.75) is 41.4 Å². The van der Waals surface area contributed by atoms with Crippen molar-refractivity contribution in [1.82, 2.24) is 4.90 Å². The molecule has 6 nitrogen and oxygen atoms in total. The Bertz CT molecular complexity index is 1210. The Kier molecular flexibility index (Phi) is 3.00. The predicted octanol–water partition coefficient (Wildman–Crippen LogP) is 2.73. The highest BCUT2D eigenvalue weighted by atomic mass is 16.6. The Morgan fingerprint density at radius 2 is 1.81 bits per heavy atom. The molecule has 2 aromatic carbocycles. The number of likely N-dealkylation sites (tertiary alicyclic amines) is 1. The van der Waals surface area contributed by atoms with Crippen LogP contribution in [0.2, 0.25) is 0 Å². The Morgan fingerprint density at radius 1 is 1.03 bits per heavy atom. The summed E-state index contributed by atoms with van der Waals surface area (Å²) in [6.45, 7) is 0.922. The molecule has 4 aliphatic carbocycles. The molecular formula is C25H25NO5. The van der Waals surface area contributed by atoms with Gasteiger partial charge in [0.2, 0.25) is 0 Å². The molecule has 5 atom stereocenters. The lowest BCUT2D eigenvalue weighted by Gasteiger charge is -2.69. The molecule has 2 heterocycles. The van der Waals surface area contributed by atoms with Crippen molar-refractivity contribution in [2.75, 3.05) is 27.8 Å². The summed E-state index contributed by atoms with van der Waals surface area (Å²) in [6.07, 6.45) is 5.64. The number of methoxy groups -OCH3 is 2. The number of benzene rings is 2. The highest BCUT2D eigenvalue weighted by Crippen LogP contribution is 2.75. The molecule has 31 heavy (non-hydrogen) atoms. The topological polar surface area (TPSA) is 71.4 Å². The van der Waals surface area contributed by atoms with Crippen LogP contribution in [-0.4, -0.2) is 55.1 Å². The van der Waals surface area contributed by atoms with Crippen LogP contribution < -0.4 is 9.47 Å². The molecule has 4 bridgehead atoms. The van der Waals surface area contributed by atoms with Crippen molar-refractivity contribution in [3.05, 3.63) is 58.7 Å². The summed E-state index contributed by atoms with van der Waals surface area (Å²) < 4.78 is 18.7. The average molecular weight is 419 g/mol. The maximum Gasteiger partial charge on any atom is 0.166 e. The summed E-state index contributed by atoms with van der Waals surface area (Å²) in [5, 5.41) is 22.3. The van der Waals surface area contributed by atoms with E-state index in [2.05, 4.69) is 30.2 Å². The Hall–Kier alpha value is -2.70. The van der Waals surface area contributed by atoms with Crippen LogP contribution >= 0.6 is 0 Å². The standard InChI is InChI=1S/C25H25NO5/c1-26-11-10-24-18-13-4-7-16(29-2)21(18)31-22(24)25(30-3)9-8-23(24,17(26)12-13)19-14(27)5-6-15(28)20(19)25/h4-9,17,22,27-28H,10-12H2,1-3H3/t17-,22-,23+,24+,25-/m1/s1. The van der Waals surface area contributed by atoms with Gasteiger partial charge in [-0.25, -0.2) is 0 Å². The molecule has 0 amide bonds. The molecule has 2 spiro atoms. The number of ether oxygens (including phenoxy) is 3. The number of nitrogens with zero attached hydrogens (tertiary/aromatic N) is 1. The minimum Gasteiger partial charge on any atom is -0.508 e. The molecule has 1 saturated heterocycles. The fourth-order valence-corrected chi connectivity index (χ4v) is 7.87. The highest BCUT2D eigenvalue weighted by molar-refractivity contribution is 5.75. The molecule has 6 heteroatoms. The van der Waals surface area contributed by atoms with E-state index in [1.54, 1.807) is 26.4 Å². The number of rotatable bonds is 2. The van der Waals surface area contributed by atoms with E-state index in [4.69, 9.17) is 14.2 Å². The first-order valence-electron chi connectivity index (χ1n) is 10.8. The van der Waals surface area contributed by atoms with Gasteiger partial charge in [-0.05, 0) is 56.3 Å². The van der Waals surface area contributed by atoms with Crippen molar-refractivity contribution in [3.8, 4) is 23.0 Å². The molecule has 0 radical (unpaired) electrons. The van der Waals surface area contributed by atoms with E-state index in [-0.39, 0.29) is 23.6 Å². The largest absolute Gasteiger partial charge is 0.508 e. The van der Waals surface area contributed by atoms with Gasteiger partial charge in [-0.2, -0.15) is 0 Å². The van der Waals surface area contributed by atoms with Crippen molar-refractivity contribution in [2.24, 2.45) is 0 Å². The fourth-order valence-electron chi connectivity index (χ4n) is 7.87. The summed E-state index contributed by atoms with van der Waals surface area (Å²) in [5.41, 5.74) is 1.94. The van der Waals surface area contributed by atoms with E-state index in [1.165, 1.54) is 11.1 Å². The number of hydrogen-bond acceptors (Lipinski definition) is 6. The minimum atomic E-state index is -1.00. The van der Waals surface area contributed by atoms with Gasteiger partial charge < -0.3 is 29.3 Å². The summed E-state index contributed by atoms with van der Waals surface area (Å²) >= 11 is 0. The van der Waals surface area contributed by atoms with Crippen LogP contribution in [0.3, 0.4) is 0 Å². The molecule has 0 unspecified atom stereocenters. The molecule has 2 aliphatic heterocycles. The van der Waals surface area contributed by atoms with Crippen LogP contribution in [0.1, 0.15) is 28.7 Å². The second kappa shape index (κ2) is 5.19. The van der Waals surface area contributed by atoms with Crippen LogP contribution in [0.25, 0.3) is 0 Å². The predicted molar refractivity (Wildman–Crippen MR) is 113 cm³/mol. The van der Waals surface area contributed by atoms with Gasteiger partial charge in [0.15, 0.2) is 17.1 Å². The molecule has 0 saturated carbocycles. The minimum absolute atomic E-state index is 0.122. The Labute approximate surface area is 180 Å². The third-order valence-electron chi connectivity index (χ3n) is 8.91. The van der Waals surface area contributed by atoms with Crippen LogP contribution in [-0.2, 0) is 27.6 Å². The second-order valence-electron chi connectivity index (χ2n) is 9.60. The van der Waals surface area contributed by atoms with Gasteiger partial charge in [0.1, 0.15) is 17.6 Å². The van der Waals surface area contributed by atoms with E-state index in [1.807, 2.05) is 6.07 Å². The van der Waals surface area contributed by atoms with Gasteiger partial charge in [0.25, 0.3) is 0 Å². The molecule has 2 N–H and O–H groups in total. The first-order chi connectivity index (χ1) is 15.0. The molecule has 2 aromatic rings. The van der Waals surface area contributed by atoms with Gasteiger partial charge in [0, 0.05) is 35.3 Å². The third-order valence-corrected chi connectivity index (χ3v) is 8.91. The Morgan fingerprint density at radius 3 is 2.55 bits per heavy atom. The maximum atomic E-state index is 11.3. The van der Waals surface area contributed by atoms with Gasteiger partial charge >= 0.3 is 0 Å². The molecular weight excluding hydrogens is 394 g/mol. The van der Waals surface area contributed by atoms with Gasteiger partial charge in [-0.15, -0.1) is 0 Å². The summed E-state index contributed by atoms with van der Waals surface area (Å²) in [7, 11) is 5.49. The number of aromatic hydroxyl groups is 2. The van der Waals surface area contributed by atoms with E-state index >= 15 is 0 Å². The lowest BCUT2D eigenvalue weighted by atomic mass is 9.37. The van der Waals surface area contributed by atoms with Gasteiger partial charge in [-0.3, -0.25) is 0 Å². The summed E-state index contributed by atoms with van der Waals surface area (Å²) in [4.78, 5) is 2.40. The summed E-state index contributed by atoms with van der Waals surface area (Å²) in [6, 6.07) is 7.45. The van der Waals surface area contributed by atoms with Crippen LogP contribution in [0.4, 0.5) is 0 Å². The van der Waals surface area contributed by atoms with Crippen molar-refractivity contribution in [1.29, 1.82) is 0 Å². The van der Waals surface area contributed by atoms with Gasteiger partial charge in [0.05, 0.1) is 12.5 Å². The molecule has 160 valence electrons. The van der Waals surface area contributed by atoms with Crippen LogP contribution in [0.15, 0.2) is 36.4 Å². The van der Waals surface area contributed by atoms with E-state index in [0.717, 1.165) is 36.4 Å². The SMILES string of the molecule is COc1ccc2c3c1O[C@@H]1[C@]34CCN(C)[C@H](C2)[C@]42C=C[C@@]1(OC)c1c(O)ccc(O)c12. The molecule has 1 fully saturated rings. The molecule has 8 rings (SSSR count). The van der Waals surface area contributed by atoms with E-state index < -0.39 is 16.4 Å². The second-order valence-corrected chi connectivity index (χ2v) is 9.60. The number of likely N-dealkylation sites (N-methyl/N-ethyl adjacent to an activating group) is 1. The van der Waals surface area contributed by atoms with E-state index in [9.17, 15) is 10.2 Å².